The topological polar surface area (TPSA) is 60.8 Å². The van der Waals surface area contributed by atoms with Crippen LogP contribution < -0.4 is 15.2 Å². The third-order valence-electron chi connectivity index (χ3n) is 8.63. The van der Waals surface area contributed by atoms with Crippen molar-refractivity contribution >= 4 is 22.9 Å². The monoisotopic (exact) mass is 578 g/mol. The lowest BCUT2D eigenvalue weighted by Gasteiger charge is -2.17. The van der Waals surface area contributed by atoms with E-state index in [0.29, 0.717) is 23.2 Å². The molecule has 2 atom stereocenters. The van der Waals surface area contributed by atoms with Gasteiger partial charge in [-0.25, -0.2) is 19.9 Å². The minimum absolute atomic E-state index is 0.0247. The molecule has 0 radical (unpaired) electrons. The molecule has 45 heavy (non-hydrogen) atoms. The lowest BCUT2D eigenvalue weighted by atomic mass is 9.88. The van der Waals surface area contributed by atoms with Gasteiger partial charge in [0.05, 0.1) is 5.69 Å². The predicted octanol–water partition coefficient (Wildman–Crippen LogP) is 7.21. The van der Waals surface area contributed by atoms with Crippen molar-refractivity contribution in [1.82, 2.24) is 19.9 Å². The molecule has 2 aliphatic rings. The molecular formula is C40H26N4O. The Kier molecular flexibility index (Phi) is 5.88. The van der Waals surface area contributed by atoms with Crippen LogP contribution >= 0.6 is 0 Å². The molecular weight excluding hydrogens is 552 g/mol. The van der Waals surface area contributed by atoms with Crippen molar-refractivity contribution in [1.29, 1.82) is 0 Å². The van der Waals surface area contributed by atoms with Gasteiger partial charge in [-0.1, -0.05) is 127 Å². The van der Waals surface area contributed by atoms with Crippen LogP contribution in [0.2, 0.25) is 0 Å². The van der Waals surface area contributed by atoms with E-state index >= 15 is 0 Å². The smallest absolute Gasteiger partial charge is 0.182 e. The fourth-order valence-corrected chi connectivity index (χ4v) is 6.42. The van der Waals surface area contributed by atoms with E-state index in [1.807, 2.05) is 48.5 Å². The molecule has 2 unspecified atom stereocenters. The van der Waals surface area contributed by atoms with Crippen molar-refractivity contribution in [2.75, 3.05) is 0 Å². The van der Waals surface area contributed by atoms with E-state index in [4.69, 9.17) is 24.7 Å². The first-order valence-corrected chi connectivity index (χ1v) is 15.1. The van der Waals surface area contributed by atoms with E-state index in [1.54, 1.807) is 0 Å². The molecule has 5 nitrogen and oxygen atoms in total. The molecule has 0 saturated carbocycles. The van der Waals surface area contributed by atoms with E-state index < -0.39 is 0 Å². The largest absolute Gasteiger partial charge is 0.485 e. The highest BCUT2D eigenvalue weighted by atomic mass is 16.5. The summed E-state index contributed by atoms with van der Waals surface area (Å²) in [7, 11) is 0. The van der Waals surface area contributed by atoms with E-state index in [-0.39, 0.29) is 12.0 Å². The summed E-state index contributed by atoms with van der Waals surface area (Å²) < 4.78 is 6.67. The van der Waals surface area contributed by atoms with Crippen LogP contribution in [0.3, 0.4) is 0 Å². The summed E-state index contributed by atoms with van der Waals surface area (Å²) in [5, 5.41) is 4.66. The first kappa shape index (κ1) is 25.5. The Labute approximate surface area is 259 Å². The van der Waals surface area contributed by atoms with Crippen molar-refractivity contribution in [2.45, 2.75) is 12.0 Å². The quantitative estimate of drug-likeness (QED) is 0.221. The van der Waals surface area contributed by atoms with Crippen LogP contribution in [0.4, 0.5) is 0 Å². The minimum atomic E-state index is -0.142. The van der Waals surface area contributed by atoms with Gasteiger partial charge in [0.15, 0.2) is 17.5 Å². The van der Waals surface area contributed by atoms with Gasteiger partial charge >= 0.3 is 0 Å². The molecule has 1 aliphatic carbocycles. The van der Waals surface area contributed by atoms with Crippen LogP contribution in [0.5, 0.6) is 5.75 Å². The van der Waals surface area contributed by atoms with Crippen LogP contribution in [0.25, 0.3) is 68.5 Å². The Morgan fingerprint density at radius 1 is 0.467 bits per heavy atom. The molecule has 0 bridgehead atoms. The third-order valence-corrected chi connectivity index (χ3v) is 8.63. The van der Waals surface area contributed by atoms with Crippen LogP contribution in [0, 0.1) is 0 Å². The molecule has 5 heteroatoms. The van der Waals surface area contributed by atoms with Gasteiger partial charge in [0, 0.05) is 34.2 Å². The highest BCUT2D eigenvalue weighted by Gasteiger charge is 2.37. The zero-order chi connectivity index (χ0) is 29.7. The molecule has 5 aromatic carbocycles. The second-order valence-electron chi connectivity index (χ2n) is 11.4. The average Bonchev–Trinajstić information content (AvgIpc) is 3.47. The Balaban J connectivity index is 1.30. The predicted molar refractivity (Wildman–Crippen MR) is 179 cm³/mol. The molecule has 0 fully saturated rings. The van der Waals surface area contributed by atoms with Gasteiger partial charge in [-0.15, -0.1) is 0 Å². The molecule has 9 rings (SSSR count). The zero-order valence-corrected chi connectivity index (χ0v) is 24.2. The lowest BCUT2D eigenvalue weighted by molar-refractivity contribution is 0.288. The highest BCUT2D eigenvalue weighted by molar-refractivity contribution is 5.87. The van der Waals surface area contributed by atoms with Crippen LogP contribution in [0.15, 0.2) is 133 Å². The van der Waals surface area contributed by atoms with Gasteiger partial charge in [0.2, 0.25) is 0 Å². The number of nitrogens with zero attached hydrogens (tertiary/aromatic N) is 4. The van der Waals surface area contributed by atoms with Crippen LogP contribution in [-0.2, 0) is 0 Å². The standard InChI is InChI=1S/C40H26N4O/c1-3-12-26(13-4-1)33-24-35-36(32-22-29-17-9-10-18-30(29)23-34(32)45-35)37(41-33)40-43-38(27-14-5-2-6-15-27)42-39(44-40)31-20-19-25-11-7-8-16-28(25)21-31/h1-24,32,34H. The first-order valence-electron chi connectivity index (χ1n) is 15.1. The Morgan fingerprint density at radius 2 is 1.09 bits per heavy atom. The summed E-state index contributed by atoms with van der Waals surface area (Å²) in [6.07, 6.45) is 4.37. The lowest BCUT2D eigenvalue weighted by Crippen LogP contribution is -2.34. The van der Waals surface area contributed by atoms with E-state index in [2.05, 4.69) is 97.1 Å². The fraction of sp³-hybridized carbons (Fsp3) is 0.0500. The summed E-state index contributed by atoms with van der Waals surface area (Å²) in [6.45, 7) is 0. The third kappa shape index (κ3) is 4.48. The number of fused-ring (bicyclic) bond motifs is 5. The van der Waals surface area contributed by atoms with Gasteiger partial charge < -0.3 is 4.74 Å². The average molecular weight is 579 g/mol. The fourth-order valence-electron chi connectivity index (χ4n) is 6.42. The Bertz CT molecular complexity index is 2370. The molecule has 1 aliphatic heterocycles. The van der Waals surface area contributed by atoms with Gasteiger partial charge in [-0.2, -0.15) is 0 Å². The number of pyridine rings is 1. The minimum Gasteiger partial charge on any atom is -0.485 e. The van der Waals surface area contributed by atoms with Gasteiger partial charge in [-0.05, 0) is 33.4 Å². The van der Waals surface area contributed by atoms with E-state index in [9.17, 15) is 0 Å². The summed E-state index contributed by atoms with van der Waals surface area (Å²) in [4.78, 5) is 20.5. The number of rotatable bonds is 4. The molecule has 7 aromatic rings. The Hall–Kier alpha value is -5.94. The Morgan fingerprint density at radius 3 is 1.87 bits per heavy atom. The molecule has 0 spiro atoms. The molecule has 2 aromatic heterocycles. The van der Waals surface area contributed by atoms with Crippen molar-refractivity contribution < 1.29 is 4.74 Å². The van der Waals surface area contributed by atoms with Crippen LogP contribution in [-0.4, -0.2) is 26.0 Å². The molecule has 0 saturated heterocycles. The van der Waals surface area contributed by atoms with Crippen molar-refractivity contribution in [3.63, 3.8) is 0 Å². The summed E-state index contributed by atoms with van der Waals surface area (Å²) in [5.41, 5.74) is 5.37. The molecule has 212 valence electrons. The van der Waals surface area contributed by atoms with Crippen molar-refractivity contribution in [3.8, 4) is 51.3 Å². The summed E-state index contributed by atoms with van der Waals surface area (Å²) >= 11 is 0. The van der Waals surface area contributed by atoms with Crippen molar-refractivity contribution in [3.05, 3.63) is 149 Å². The first-order chi connectivity index (χ1) is 22.3. The SMILES string of the molecule is C1=c2ccccc2=CC2c3c(cc(-c4ccccc4)nc3-c3nc(-c4ccccc4)nc(-c4ccc5ccccc5c4)n3)OC12. The number of ether oxygens (including phenoxy) is 1. The summed E-state index contributed by atoms with van der Waals surface area (Å²) in [6, 6.07) is 45.4. The van der Waals surface area contributed by atoms with E-state index in [0.717, 1.165) is 39.1 Å². The number of aromatic nitrogens is 4. The van der Waals surface area contributed by atoms with Gasteiger partial charge in [0.25, 0.3) is 0 Å². The second-order valence-corrected chi connectivity index (χ2v) is 11.4. The maximum atomic E-state index is 6.67. The maximum Gasteiger partial charge on any atom is 0.182 e. The normalized spacial score (nSPS) is 16.1. The highest BCUT2D eigenvalue weighted by Crippen LogP contribution is 2.46. The summed E-state index contributed by atoms with van der Waals surface area (Å²) in [5.74, 6) is 2.51. The maximum absolute atomic E-state index is 6.67. The van der Waals surface area contributed by atoms with Crippen molar-refractivity contribution in [2.24, 2.45) is 0 Å². The van der Waals surface area contributed by atoms with Crippen LogP contribution in [0.1, 0.15) is 11.5 Å². The molecule has 3 heterocycles. The molecule has 0 N–H and O–H groups in total. The molecule has 0 amide bonds. The number of hydrogen-bond acceptors (Lipinski definition) is 5. The second kappa shape index (κ2) is 10.4. The number of benzene rings is 5. The zero-order valence-electron chi connectivity index (χ0n) is 24.2. The van der Waals surface area contributed by atoms with Gasteiger partial charge in [-0.3, -0.25) is 0 Å². The van der Waals surface area contributed by atoms with E-state index in [1.165, 1.54) is 15.8 Å². The number of hydrogen-bond donors (Lipinski definition) is 0. The van der Waals surface area contributed by atoms with Gasteiger partial charge in [0.1, 0.15) is 17.5 Å².